The number of hydrogen-bond donors (Lipinski definition) is 1. The molecule has 0 radical (unpaired) electrons. The van der Waals surface area contributed by atoms with Gasteiger partial charge in [-0.1, -0.05) is 0 Å². The molecule has 0 spiro atoms. The lowest BCUT2D eigenvalue weighted by molar-refractivity contribution is -0.0000884. The fourth-order valence-corrected chi connectivity index (χ4v) is 1.73. The molecule has 2 unspecified atom stereocenters. The van der Waals surface area contributed by atoms with Gasteiger partial charge < -0.3 is 14.9 Å². The van der Waals surface area contributed by atoms with Gasteiger partial charge in [0.15, 0.2) is 0 Å². The molecular weight excluding hydrogens is 166 g/mol. The number of furan rings is 1. The zero-order chi connectivity index (χ0) is 9.10. The second-order valence-electron chi connectivity index (χ2n) is 3.49. The van der Waals surface area contributed by atoms with Gasteiger partial charge in [-0.2, -0.15) is 0 Å². The lowest BCUT2D eigenvalue weighted by Crippen LogP contribution is -2.31. The summed E-state index contributed by atoms with van der Waals surface area (Å²) in [5.41, 5.74) is 7.06. The van der Waals surface area contributed by atoms with E-state index >= 15 is 0 Å². The summed E-state index contributed by atoms with van der Waals surface area (Å²) in [4.78, 5) is 0. The zero-order valence-corrected chi connectivity index (χ0v) is 7.61. The molecule has 0 bridgehead atoms. The van der Waals surface area contributed by atoms with E-state index in [4.69, 9.17) is 14.9 Å². The molecule has 2 rings (SSSR count). The SMILES string of the molecule is NC(c1ccoc1)C1CCCCO1. The smallest absolute Gasteiger partial charge is 0.0951 e. The molecule has 1 fully saturated rings. The lowest BCUT2D eigenvalue weighted by Gasteiger charge is -2.27. The summed E-state index contributed by atoms with van der Waals surface area (Å²) >= 11 is 0. The maximum Gasteiger partial charge on any atom is 0.0951 e. The van der Waals surface area contributed by atoms with E-state index in [1.165, 1.54) is 6.42 Å². The average Bonchev–Trinajstić information content (AvgIpc) is 2.71. The lowest BCUT2D eigenvalue weighted by atomic mass is 9.99. The van der Waals surface area contributed by atoms with Gasteiger partial charge in [-0.15, -0.1) is 0 Å². The van der Waals surface area contributed by atoms with E-state index in [9.17, 15) is 0 Å². The van der Waals surface area contributed by atoms with Crippen LogP contribution < -0.4 is 5.73 Å². The third kappa shape index (κ3) is 1.92. The van der Waals surface area contributed by atoms with E-state index in [0.717, 1.165) is 25.0 Å². The van der Waals surface area contributed by atoms with Gasteiger partial charge in [0.2, 0.25) is 0 Å². The average molecular weight is 181 g/mol. The van der Waals surface area contributed by atoms with Crippen molar-refractivity contribution < 1.29 is 9.15 Å². The third-order valence-corrected chi connectivity index (χ3v) is 2.54. The Labute approximate surface area is 77.9 Å². The highest BCUT2D eigenvalue weighted by atomic mass is 16.5. The van der Waals surface area contributed by atoms with Crippen molar-refractivity contribution in [1.82, 2.24) is 0 Å². The Kier molecular flexibility index (Phi) is 2.66. The molecule has 13 heavy (non-hydrogen) atoms. The summed E-state index contributed by atoms with van der Waals surface area (Å²) in [6.45, 7) is 0.843. The Morgan fingerprint density at radius 1 is 1.46 bits per heavy atom. The molecule has 0 saturated carbocycles. The normalized spacial score (nSPS) is 25.8. The van der Waals surface area contributed by atoms with Crippen molar-refractivity contribution in [2.24, 2.45) is 5.73 Å². The standard InChI is InChI=1S/C10H15NO2/c11-10(8-4-6-12-7-8)9-3-1-2-5-13-9/h4,6-7,9-10H,1-3,5,11H2. The van der Waals surface area contributed by atoms with Crippen LogP contribution in [0.3, 0.4) is 0 Å². The van der Waals surface area contributed by atoms with Gasteiger partial charge in [0.1, 0.15) is 0 Å². The maximum absolute atomic E-state index is 6.03. The monoisotopic (exact) mass is 181 g/mol. The first-order valence-electron chi connectivity index (χ1n) is 4.77. The maximum atomic E-state index is 6.03. The predicted molar refractivity (Wildman–Crippen MR) is 49.2 cm³/mol. The molecule has 1 aliphatic rings. The second kappa shape index (κ2) is 3.94. The van der Waals surface area contributed by atoms with Crippen molar-refractivity contribution in [1.29, 1.82) is 0 Å². The van der Waals surface area contributed by atoms with Crippen LogP contribution in [0.5, 0.6) is 0 Å². The second-order valence-corrected chi connectivity index (χ2v) is 3.49. The molecule has 3 nitrogen and oxygen atoms in total. The first-order valence-corrected chi connectivity index (χ1v) is 4.77. The number of hydrogen-bond acceptors (Lipinski definition) is 3. The number of nitrogens with two attached hydrogens (primary N) is 1. The van der Waals surface area contributed by atoms with Crippen LogP contribution in [-0.4, -0.2) is 12.7 Å². The van der Waals surface area contributed by atoms with Crippen LogP contribution >= 0.6 is 0 Å². The molecule has 2 atom stereocenters. The van der Waals surface area contributed by atoms with Gasteiger partial charge in [0.05, 0.1) is 24.7 Å². The minimum atomic E-state index is -0.0287. The van der Waals surface area contributed by atoms with E-state index in [0.29, 0.717) is 0 Å². The largest absolute Gasteiger partial charge is 0.472 e. The third-order valence-electron chi connectivity index (χ3n) is 2.54. The fourth-order valence-electron chi connectivity index (χ4n) is 1.73. The fraction of sp³-hybridized carbons (Fsp3) is 0.600. The molecule has 3 heteroatoms. The number of ether oxygens (including phenoxy) is 1. The van der Waals surface area contributed by atoms with E-state index in [1.54, 1.807) is 12.5 Å². The van der Waals surface area contributed by atoms with E-state index in [-0.39, 0.29) is 12.1 Å². The Morgan fingerprint density at radius 2 is 2.38 bits per heavy atom. The van der Waals surface area contributed by atoms with Gasteiger partial charge in [0.25, 0.3) is 0 Å². The molecule has 2 N–H and O–H groups in total. The number of rotatable bonds is 2. The molecule has 0 amide bonds. The minimum Gasteiger partial charge on any atom is -0.472 e. The highest BCUT2D eigenvalue weighted by molar-refractivity contribution is 5.12. The van der Waals surface area contributed by atoms with Gasteiger partial charge >= 0.3 is 0 Å². The summed E-state index contributed by atoms with van der Waals surface area (Å²) in [5, 5.41) is 0. The van der Waals surface area contributed by atoms with E-state index in [2.05, 4.69) is 0 Å². The predicted octanol–water partition coefficient (Wildman–Crippen LogP) is 1.85. The highest BCUT2D eigenvalue weighted by Crippen LogP contribution is 2.24. The van der Waals surface area contributed by atoms with Gasteiger partial charge in [-0.05, 0) is 25.3 Å². The molecule has 1 aliphatic heterocycles. The van der Waals surface area contributed by atoms with Crippen molar-refractivity contribution in [2.45, 2.75) is 31.4 Å². The van der Waals surface area contributed by atoms with Crippen LogP contribution in [0.15, 0.2) is 23.0 Å². The van der Waals surface area contributed by atoms with E-state index < -0.39 is 0 Å². The molecule has 0 aromatic carbocycles. The Morgan fingerprint density at radius 3 is 3.00 bits per heavy atom. The molecule has 2 heterocycles. The van der Waals surface area contributed by atoms with Crippen LogP contribution in [0.25, 0.3) is 0 Å². The zero-order valence-electron chi connectivity index (χ0n) is 7.61. The Bertz CT molecular complexity index is 239. The van der Waals surface area contributed by atoms with Crippen LogP contribution in [0.2, 0.25) is 0 Å². The summed E-state index contributed by atoms with van der Waals surface area (Å²) in [6.07, 6.45) is 6.96. The summed E-state index contributed by atoms with van der Waals surface area (Å²) in [6, 6.07) is 1.88. The van der Waals surface area contributed by atoms with Crippen LogP contribution in [0.4, 0.5) is 0 Å². The van der Waals surface area contributed by atoms with Crippen molar-refractivity contribution in [3.63, 3.8) is 0 Å². The highest BCUT2D eigenvalue weighted by Gasteiger charge is 2.22. The molecule has 0 aliphatic carbocycles. The van der Waals surface area contributed by atoms with Crippen molar-refractivity contribution >= 4 is 0 Å². The summed E-state index contributed by atoms with van der Waals surface area (Å²) in [7, 11) is 0. The molecule has 1 aromatic heterocycles. The quantitative estimate of drug-likeness (QED) is 0.757. The first-order chi connectivity index (χ1) is 6.38. The van der Waals surface area contributed by atoms with Crippen LogP contribution in [-0.2, 0) is 4.74 Å². The topological polar surface area (TPSA) is 48.4 Å². The van der Waals surface area contributed by atoms with Crippen molar-refractivity contribution in [3.8, 4) is 0 Å². The van der Waals surface area contributed by atoms with Crippen molar-refractivity contribution in [2.75, 3.05) is 6.61 Å². The Balaban J connectivity index is 1.99. The van der Waals surface area contributed by atoms with Gasteiger partial charge in [0, 0.05) is 12.2 Å². The van der Waals surface area contributed by atoms with Gasteiger partial charge in [-0.25, -0.2) is 0 Å². The molecule has 1 saturated heterocycles. The minimum absolute atomic E-state index is 0.0287. The molecule has 72 valence electrons. The van der Waals surface area contributed by atoms with Crippen molar-refractivity contribution in [3.05, 3.63) is 24.2 Å². The van der Waals surface area contributed by atoms with Crippen LogP contribution in [0, 0.1) is 0 Å². The molecular formula is C10H15NO2. The molecule has 1 aromatic rings. The van der Waals surface area contributed by atoms with E-state index in [1.807, 2.05) is 6.07 Å². The van der Waals surface area contributed by atoms with Crippen LogP contribution in [0.1, 0.15) is 30.9 Å². The first kappa shape index (κ1) is 8.78. The summed E-state index contributed by atoms with van der Waals surface area (Å²) < 4.78 is 10.6. The Hall–Kier alpha value is -0.800. The van der Waals surface area contributed by atoms with Gasteiger partial charge in [-0.3, -0.25) is 0 Å². The summed E-state index contributed by atoms with van der Waals surface area (Å²) in [5.74, 6) is 0.